The number of benzene rings is 1. The molecular formula is C16H23NO3. The molecule has 0 aliphatic heterocycles. The lowest BCUT2D eigenvalue weighted by atomic mass is 10.2. The highest BCUT2D eigenvalue weighted by Gasteiger charge is 2.14. The number of amides is 1. The Bertz CT molecular complexity index is 461. The van der Waals surface area contributed by atoms with Crippen molar-refractivity contribution in [2.24, 2.45) is 0 Å². The summed E-state index contributed by atoms with van der Waals surface area (Å²) < 4.78 is 10.7. The topological polar surface area (TPSA) is 47.6 Å². The van der Waals surface area contributed by atoms with Crippen LogP contribution in [0.5, 0.6) is 5.75 Å². The van der Waals surface area contributed by atoms with Gasteiger partial charge in [-0.1, -0.05) is 30.4 Å². The highest BCUT2D eigenvalue weighted by atomic mass is 16.6. The average molecular weight is 277 g/mol. The van der Waals surface area contributed by atoms with Crippen molar-refractivity contribution in [1.29, 1.82) is 0 Å². The molecule has 1 amide bonds. The van der Waals surface area contributed by atoms with Crippen molar-refractivity contribution >= 4 is 12.2 Å². The van der Waals surface area contributed by atoms with Crippen molar-refractivity contribution in [2.45, 2.75) is 33.3 Å². The van der Waals surface area contributed by atoms with Gasteiger partial charge in [0.2, 0.25) is 0 Å². The number of ether oxygens (including phenoxy) is 2. The predicted molar refractivity (Wildman–Crippen MR) is 80.9 cm³/mol. The van der Waals surface area contributed by atoms with Crippen LogP contribution in [0, 0.1) is 0 Å². The standard InChI is InChI=1S/C16H23NO3/c1-5-19-14-11-7-6-9-13(14)10-8-12-17-15(18)20-16(2,3)4/h6-11H,5,12H2,1-4H3,(H,17,18). The Kier molecular flexibility index (Phi) is 6.10. The highest BCUT2D eigenvalue weighted by Crippen LogP contribution is 2.19. The Morgan fingerprint density at radius 3 is 2.65 bits per heavy atom. The monoisotopic (exact) mass is 277 g/mol. The maximum Gasteiger partial charge on any atom is 0.407 e. The van der Waals surface area contributed by atoms with Crippen LogP contribution in [0.1, 0.15) is 33.3 Å². The van der Waals surface area contributed by atoms with Crippen molar-refractivity contribution in [3.63, 3.8) is 0 Å². The third kappa shape index (κ3) is 6.27. The minimum absolute atomic E-state index is 0.412. The van der Waals surface area contributed by atoms with Crippen LogP contribution in [-0.2, 0) is 4.74 Å². The number of carbonyl (C=O) groups is 1. The van der Waals surface area contributed by atoms with Crippen molar-refractivity contribution in [1.82, 2.24) is 5.32 Å². The molecule has 0 aliphatic carbocycles. The third-order valence-electron chi connectivity index (χ3n) is 2.28. The van der Waals surface area contributed by atoms with E-state index in [4.69, 9.17) is 9.47 Å². The molecule has 0 bridgehead atoms. The predicted octanol–water partition coefficient (Wildman–Crippen LogP) is 3.62. The summed E-state index contributed by atoms with van der Waals surface area (Å²) in [6.45, 7) is 8.49. The first-order valence-electron chi connectivity index (χ1n) is 6.77. The van der Waals surface area contributed by atoms with Crippen LogP contribution in [0.4, 0.5) is 4.79 Å². The summed E-state index contributed by atoms with van der Waals surface area (Å²) in [6.07, 6.45) is 3.37. The maximum atomic E-state index is 11.4. The van der Waals surface area contributed by atoms with Crippen LogP contribution in [0.15, 0.2) is 30.3 Å². The number of nitrogens with one attached hydrogen (secondary N) is 1. The summed E-state index contributed by atoms with van der Waals surface area (Å²) >= 11 is 0. The Hall–Kier alpha value is -1.97. The molecule has 0 aliphatic rings. The molecule has 0 spiro atoms. The molecule has 1 aromatic rings. The Morgan fingerprint density at radius 2 is 2.00 bits per heavy atom. The minimum Gasteiger partial charge on any atom is -0.493 e. The van der Waals surface area contributed by atoms with E-state index in [2.05, 4.69) is 5.32 Å². The van der Waals surface area contributed by atoms with E-state index in [1.807, 2.05) is 64.1 Å². The van der Waals surface area contributed by atoms with E-state index in [0.29, 0.717) is 13.2 Å². The fourth-order valence-electron chi connectivity index (χ4n) is 1.55. The van der Waals surface area contributed by atoms with Crippen LogP contribution in [-0.4, -0.2) is 24.8 Å². The largest absolute Gasteiger partial charge is 0.493 e. The lowest BCUT2D eigenvalue weighted by Crippen LogP contribution is -2.32. The summed E-state index contributed by atoms with van der Waals surface area (Å²) in [4.78, 5) is 11.4. The molecule has 1 rings (SSSR count). The first-order valence-corrected chi connectivity index (χ1v) is 6.77. The van der Waals surface area contributed by atoms with Crippen LogP contribution in [0.2, 0.25) is 0 Å². The smallest absolute Gasteiger partial charge is 0.407 e. The average Bonchev–Trinajstić information content (AvgIpc) is 2.34. The Morgan fingerprint density at radius 1 is 1.30 bits per heavy atom. The van der Waals surface area contributed by atoms with E-state index in [1.54, 1.807) is 0 Å². The third-order valence-corrected chi connectivity index (χ3v) is 2.28. The molecule has 0 saturated carbocycles. The van der Waals surface area contributed by atoms with Crippen LogP contribution < -0.4 is 10.1 Å². The van der Waals surface area contributed by atoms with Gasteiger partial charge in [-0.25, -0.2) is 4.79 Å². The van der Waals surface area contributed by atoms with Gasteiger partial charge in [0, 0.05) is 12.1 Å². The van der Waals surface area contributed by atoms with Gasteiger partial charge in [0.15, 0.2) is 0 Å². The van der Waals surface area contributed by atoms with Crippen molar-refractivity contribution < 1.29 is 14.3 Å². The molecule has 0 atom stereocenters. The Balaban J connectivity index is 2.47. The van der Waals surface area contributed by atoms with Gasteiger partial charge in [0.05, 0.1) is 6.61 Å². The molecule has 0 saturated heterocycles. The van der Waals surface area contributed by atoms with Crippen molar-refractivity contribution in [3.05, 3.63) is 35.9 Å². The summed E-state index contributed by atoms with van der Waals surface area (Å²) in [5.74, 6) is 0.837. The molecule has 4 nitrogen and oxygen atoms in total. The van der Waals surface area contributed by atoms with Gasteiger partial charge in [0.1, 0.15) is 11.4 Å². The second-order valence-electron chi connectivity index (χ2n) is 5.26. The Labute approximate surface area is 120 Å². The molecule has 1 N–H and O–H groups in total. The lowest BCUT2D eigenvalue weighted by Gasteiger charge is -2.19. The zero-order chi connectivity index (χ0) is 15.0. The molecule has 0 fully saturated rings. The van der Waals surface area contributed by atoms with E-state index >= 15 is 0 Å². The molecule has 110 valence electrons. The number of para-hydroxylation sites is 1. The van der Waals surface area contributed by atoms with Gasteiger partial charge in [-0.05, 0) is 33.8 Å². The van der Waals surface area contributed by atoms with Gasteiger partial charge in [-0.2, -0.15) is 0 Å². The quantitative estimate of drug-likeness (QED) is 0.894. The second-order valence-corrected chi connectivity index (χ2v) is 5.26. The van der Waals surface area contributed by atoms with Gasteiger partial charge < -0.3 is 14.8 Å². The number of hydrogen-bond acceptors (Lipinski definition) is 3. The number of hydrogen-bond donors (Lipinski definition) is 1. The summed E-state index contributed by atoms with van der Waals surface area (Å²) in [5.41, 5.74) is 0.510. The fourth-order valence-corrected chi connectivity index (χ4v) is 1.55. The maximum absolute atomic E-state index is 11.4. The molecule has 1 aromatic carbocycles. The lowest BCUT2D eigenvalue weighted by molar-refractivity contribution is 0.0534. The van der Waals surface area contributed by atoms with Crippen LogP contribution >= 0.6 is 0 Å². The molecule has 4 heteroatoms. The zero-order valence-corrected chi connectivity index (χ0v) is 12.6. The molecular weight excluding hydrogens is 254 g/mol. The highest BCUT2D eigenvalue weighted by molar-refractivity contribution is 5.68. The van der Waals surface area contributed by atoms with Gasteiger partial charge in [-0.3, -0.25) is 0 Å². The molecule has 0 radical (unpaired) electrons. The molecule has 0 heterocycles. The van der Waals surface area contributed by atoms with E-state index in [9.17, 15) is 4.79 Å². The first-order chi connectivity index (χ1) is 9.42. The molecule has 0 aromatic heterocycles. The number of rotatable bonds is 5. The number of carbonyl (C=O) groups excluding carboxylic acids is 1. The van der Waals surface area contributed by atoms with Gasteiger partial charge in [0.25, 0.3) is 0 Å². The normalized spacial score (nSPS) is 11.4. The first kappa shape index (κ1) is 16.1. The molecule has 0 unspecified atom stereocenters. The fraction of sp³-hybridized carbons (Fsp3) is 0.438. The summed E-state index contributed by atoms with van der Waals surface area (Å²) in [7, 11) is 0. The van der Waals surface area contributed by atoms with Gasteiger partial charge in [-0.15, -0.1) is 0 Å². The zero-order valence-electron chi connectivity index (χ0n) is 12.6. The van der Waals surface area contributed by atoms with Crippen LogP contribution in [0.25, 0.3) is 6.08 Å². The van der Waals surface area contributed by atoms with Crippen LogP contribution in [0.3, 0.4) is 0 Å². The van der Waals surface area contributed by atoms with E-state index < -0.39 is 11.7 Å². The van der Waals surface area contributed by atoms with Gasteiger partial charge >= 0.3 is 6.09 Å². The van der Waals surface area contributed by atoms with Crippen molar-refractivity contribution in [3.8, 4) is 5.75 Å². The SMILES string of the molecule is CCOc1ccccc1C=CCNC(=O)OC(C)(C)C. The summed E-state index contributed by atoms with van der Waals surface area (Å²) in [6, 6.07) is 7.77. The van der Waals surface area contributed by atoms with Crippen molar-refractivity contribution in [2.75, 3.05) is 13.2 Å². The summed E-state index contributed by atoms with van der Waals surface area (Å²) in [5, 5.41) is 2.67. The minimum atomic E-state index is -0.477. The van der Waals surface area contributed by atoms with E-state index in [1.165, 1.54) is 0 Å². The number of alkyl carbamates (subject to hydrolysis) is 1. The second kappa shape index (κ2) is 7.58. The van der Waals surface area contributed by atoms with E-state index in [0.717, 1.165) is 11.3 Å². The molecule has 20 heavy (non-hydrogen) atoms. The van der Waals surface area contributed by atoms with E-state index in [-0.39, 0.29) is 0 Å².